The third kappa shape index (κ3) is 7.42. The van der Waals surface area contributed by atoms with Crippen LogP contribution in [-0.2, 0) is 24.8 Å². The molecule has 0 fully saturated rings. The van der Waals surface area contributed by atoms with Crippen LogP contribution in [-0.4, -0.2) is 29.3 Å². The number of nitrogens with one attached hydrogen (secondary N) is 2. The zero-order valence-electron chi connectivity index (χ0n) is 19.9. The smallest absolute Gasteiger partial charge is 0.264 e. The first-order valence-electron chi connectivity index (χ1n) is 11.2. The Kier molecular flexibility index (Phi) is 9.07. The highest BCUT2D eigenvalue weighted by Gasteiger charge is 2.27. The molecule has 0 atom stereocenters. The first-order valence-corrected chi connectivity index (χ1v) is 15.9. The van der Waals surface area contributed by atoms with Crippen LogP contribution in [0.25, 0.3) is 0 Å². The van der Waals surface area contributed by atoms with Gasteiger partial charge in [0.05, 0.1) is 21.2 Å². The molecular weight excluding hydrogens is 696 g/mol. The van der Waals surface area contributed by atoms with Crippen LogP contribution in [0.3, 0.4) is 0 Å². The molecule has 0 unspecified atom stereocenters. The zero-order chi connectivity index (χ0) is 28.2. The van der Waals surface area contributed by atoms with Gasteiger partial charge < -0.3 is 5.32 Å². The molecule has 4 aromatic carbocycles. The normalized spacial score (nSPS) is 11.6. The largest absolute Gasteiger partial charge is 0.325 e. The van der Waals surface area contributed by atoms with Gasteiger partial charge in [-0.25, -0.2) is 16.8 Å². The first-order chi connectivity index (χ1) is 18.4. The number of benzene rings is 4. The molecule has 13 heteroatoms. The standard InChI is InChI=1S/C26H20Cl2IN3O5S2/c27-18-14-19(28)16-22(15-18)31-38(34,35)24-12-8-21(9-13-24)30-26(33)17-32(23-10-6-20(29)7-11-23)39(36,37)25-4-2-1-3-5-25/h1-16,31H,17H2,(H,30,33). The maximum absolute atomic E-state index is 13.4. The molecule has 0 heterocycles. The molecule has 0 aliphatic heterocycles. The Hall–Kier alpha value is -2.84. The Morgan fingerprint density at radius 3 is 1.92 bits per heavy atom. The average Bonchev–Trinajstić information content (AvgIpc) is 2.88. The highest BCUT2D eigenvalue weighted by atomic mass is 127. The molecule has 0 aliphatic carbocycles. The molecular formula is C26H20Cl2IN3O5S2. The van der Waals surface area contributed by atoms with Crippen molar-refractivity contribution in [2.45, 2.75) is 9.79 Å². The Balaban J connectivity index is 1.52. The number of carbonyl (C=O) groups excluding carboxylic acids is 1. The molecule has 202 valence electrons. The number of anilines is 3. The van der Waals surface area contributed by atoms with Crippen molar-refractivity contribution in [2.24, 2.45) is 0 Å². The van der Waals surface area contributed by atoms with Gasteiger partial charge in [-0.1, -0.05) is 41.4 Å². The minimum atomic E-state index is -4.05. The van der Waals surface area contributed by atoms with Crippen LogP contribution >= 0.6 is 45.8 Å². The third-order valence-corrected chi connectivity index (χ3v) is 9.64. The molecule has 0 radical (unpaired) electrons. The summed E-state index contributed by atoms with van der Waals surface area (Å²) in [5, 5.41) is 3.16. The highest BCUT2D eigenvalue weighted by molar-refractivity contribution is 14.1. The van der Waals surface area contributed by atoms with Crippen molar-refractivity contribution in [2.75, 3.05) is 20.9 Å². The molecule has 1 amide bonds. The maximum atomic E-state index is 13.4. The molecule has 0 spiro atoms. The van der Waals surface area contributed by atoms with Crippen molar-refractivity contribution in [1.29, 1.82) is 0 Å². The van der Waals surface area contributed by atoms with Crippen molar-refractivity contribution in [3.63, 3.8) is 0 Å². The molecule has 2 N–H and O–H groups in total. The van der Waals surface area contributed by atoms with Gasteiger partial charge in [0, 0.05) is 19.3 Å². The van der Waals surface area contributed by atoms with Crippen molar-refractivity contribution in [1.82, 2.24) is 0 Å². The second-order valence-electron chi connectivity index (χ2n) is 8.14. The Bertz CT molecular complexity index is 1680. The number of nitrogens with zero attached hydrogens (tertiary/aromatic N) is 1. The minimum absolute atomic E-state index is 0.0411. The number of carbonyl (C=O) groups is 1. The summed E-state index contributed by atoms with van der Waals surface area (Å²) in [6.07, 6.45) is 0. The predicted molar refractivity (Wildman–Crippen MR) is 162 cm³/mol. The van der Waals surface area contributed by atoms with E-state index >= 15 is 0 Å². The zero-order valence-corrected chi connectivity index (χ0v) is 25.2. The third-order valence-electron chi connectivity index (χ3n) is 5.30. The minimum Gasteiger partial charge on any atom is -0.325 e. The summed E-state index contributed by atoms with van der Waals surface area (Å²) >= 11 is 14.0. The molecule has 8 nitrogen and oxygen atoms in total. The van der Waals surface area contributed by atoms with Crippen molar-refractivity contribution in [3.8, 4) is 0 Å². The van der Waals surface area contributed by atoms with Crippen LogP contribution in [0, 0.1) is 3.57 Å². The van der Waals surface area contributed by atoms with E-state index in [1.165, 1.54) is 54.6 Å². The molecule has 0 aromatic heterocycles. The Morgan fingerprint density at radius 2 is 1.33 bits per heavy atom. The van der Waals surface area contributed by atoms with Gasteiger partial charge in [0.1, 0.15) is 6.54 Å². The summed E-state index contributed by atoms with van der Waals surface area (Å²) in [5.74, 6) is -0.615. The summed E-state index contributed by atoms with van der Waals surface area (Å²) in [6.45, 7) is -0.505. The van der Waals surface area contributed by atoms with Crippen LogP contribution in [0.4, 0.5) is 17.1 Å². The van der Waals surface area contributed by atoms with Gasteiger partial charge in [-0.3, -0.25) is 13.8 Å². The molecule has 39 heavy (non-hydrogen) atoms. The lowest BCUT2D eigenvalue weighted by Gasteiger charge is -2.24. The van der Waals surface area contributed by atoms with Crippen LogP contribution in [0.15, 0.2) is 107 Å². The van der Waals surface area contributed by atoms with Crippen LogP contribution in [0.2, 0.25) is 10.0 Å². The van der Waals surface area contributed by atoms with E-state index in [-0.39, 0.29) is 31.2 Å². The van der Waals surface area contributed by atoms with Gasteiger partial charge >= 0.3 is 0 Å². The highest BCUT2D eigenvalue weighted by Crippen LogP contribution is 2.26. The van der Waals surface area contributed by atoms with Crippen molar-refractivity contribution >= 4 is 88.8 Å². The van der Waals surface area contributed by atoms with Gasteiger partial charge in [-0.2, -0.15) is 0 Å². The molecule has 0 saturated heterocycles. The van der Waals surface area contributed by atoms with E-state index in [9.17, 15) is 21.6 Å². The van der Waals surface area contributed by atoms with Gasteiger partial charge in [-0.05, 0) is 101 Å². The number of rotatable bonds is 9. The van der Waals surface area contributed by atoms with E-state index in [4.69, 9.17) is 23.2 Å². The molecule has 0 aliphatic rings. The van der Waals surface area contributed by atoms with E-state index in [1.54, 1.807) is 42.5 Å². The fraction of sp³-hybridized carbons (Fsp3) is 0.0385. The Morgan fingerprint density at radius 1 is 0.744 bits per heavy atom. The summed E-state index contributed by atoms with van der Waals surface area (Å²) in [5.41, 5.74) is 0.799. The number of hydrogen-bond donors (Lipinski definition) is 2. The van der Waals surface area contributed by atoms with Gasteiger partial charge in [0.2, 0.25) is 5.91 Å². The molecule has 0 bridgehead atoms. The Labute approximate surface area is 250 Å². The molecule has 4 aromatic rings. The van der Waals surface area contributed by atoms with Gasteiger partial charge in [-0.15, -0.1) is 0 Å². The maximum Gasteiger partial charge on any atom is 0.264 e. The number of sulfonamides is 2. The van der Waals surface area contributed by atoms with E-state index in [2.05, 4.69) is 32.6 Å². The van der Waals surface area contributed by atoms with E-state index in [0.29, 0.717) is 5.69 Å². The second kappa shape index (κ2) is 12.1. The SMILES string of the molecule is O=C(CN(c1ccc(I)cc1)S(=O)(=O)c1ccccc1)Nc1ccc(S(=O)(=O)Nc2cc(Cl)cc(Cl)c2)cc1. The number of amides is 1. The lowest BCUT2D eigenvalue weighted by Crippen LogP contribution is -2.38. The topological polar surface area (TPSA) is 113 Å². The fourth-order valence-electron chi connectivity index (χ4n) is 3.52. The second-order valence-corrected chi connectivity index (χ2v) is 13.8. The summed E-state index contributed by atoms with van der Waals surface area (Å²) < 4.78 is 56.7. The summed E-state index contributed by atoms with van der Waals surface area (Å²) in [4.78, 5) is 12.9. The van der Waals surface area contributed by atoms with E-state index in [0.717, 1.165) is 7.88 Å². The molecule has 0 saturated carbocycles. The fourth-order valence-corrected chi connectivity index (χ4v) is 6.89. The van der Waals surface area contributed by atoms with Gasteiger partial charge in [0.25, 0.3) is 20.0 Å². The quantitative estimate of drug-likeness (QED) is 0.200. The number of hydrogen-bond acceptors (Lipinski definition) is 5. The van der Waals surface area contributed by atoms with Crippen LogP contribution < -0.4 is 14.3 Å². The first kappa shape index (κ1) is 29.2. The van der Waals surface area contributed by atoms with Crippen molar-refractivity contribution < 1.29 is 21.6 Å². The summed E-state index contributed by atoms with van der Waals surface area (Å²) in [7, 11) is -8.02. The lowest BCUT2D eigenvalue weighted by molar-refractivity contribution is -0.114. The average molecular weight is 716 g/mol. The van der Waals surface area contributed by atoms with Gasteiger partial charge in [0.15, 0.2) is 0 Å². The summed E-state index contributed by atoms with van der Waals surface area (Å²) in [6, 6.07) is 24.3. The van der Waals surface area contributed by atoms with Crippen molar-refractivity contribution in [3.05, 3.63) is 111 Å². The lowest BCUT2D eigenvalue weighted by atomic mass is 10.3. The van der Waals surface area contributed by atoms with Crippen LogP contribution in [0.1, 0.15) is 0 Å². The van der Waals surface area contributed by atoms with E-state index in [1.807, 2.05) is 0 Å². The van der Waals surface area contributed by atoms with E-state index < -0.39 is 32.5 Å². The predicted octanol–water partition coefficient (Wildman–Crippen LogP) is 6.23. The monoisotopic (exact) mass is 715 g/mol. The number of halogens is 3. The van der Waals surface area contributed by atoms with Crippen LogP contribution in [0.5, 0.6) is 0 Å². The molecule has 4 rings (SSSR count).